The van der Waals surface area contributed by atoms with Gasteiger partial charge in [0.1, 0.15) is 5.83 Å². The first-order valence-electron chi connectivity index (χ1n) is 2.36. The molecular weight excluding hydrogens is 127 g/mol. The fourth-order valence-corrected chi connectivity index (χ4v) is 0.672. The van der Waals surface area contributed by atoms with Crippen molar-refractivity contribution in [2.75, 3.05) is 0 Å². The zero-order valence-electron chi connectivity index (χ0n) is 4.20. The first-order chi connectivity index (χ1) is 3.80. The molecule has 0 heterocycles. The van der Waals surface area contributed by atoms with Crippen LogP contribution in [0.15, 0.2) is 23.0 Å². The van der Waals surface area contributed by atoms with Gasteiger partial charge >= 0.3 is 0 Å². The molecular formula is C6H5ClF. The molecule has 0 saturated heterocycles. The Bertz CT molecular complexity index is 129. The summed E-state index contributed by atoms with van der Waals surface area (Å²) < 4.78 is 12.2. The minimum atomic E-state index is -0.335. The van der Waals surface area contributed by atoms with Gasteiger partial charge in [-0.15, -0.1) is 0 Å². The number of hydrogen-bond acceptors (Lipinski definition) is 0. The molecule has 0 N–H and O–H groups in total. The summed E-state index contributed by atoms with van der Waals surface area (Å²) >= 11 is 5.36. The third-order valence-electron chi connectivity index (χ3n) is 0.925. The molecule has 0 unspecified atom stereocenters. The van der Waals surface area contributed by atoms with Gasteiger partial charge in [-0.05, 0) is 18.9 Å². The highest BCUT2D eigenvalue weighted by Gasteiger charge is 2.02. The van der Waals surface area contributed by atoms with E-state index in [-0.39, 0.29) is 10.9 Å². The summed E-state index contributed by atoms with van der Waals surface area (Å²) in [6.45, 7) is 0. The van der Waals surface area contributed by atoms with Gasteiger partial charge in [0.05, 0.1) is 5.03 Å². The van der Waals surface area contributed by atoms with Crippen LogP contribution in [0.3, 0.4) is 0 Å². The second-order valence-corrected chi connectivity index (χ2v) is 1.95. The van der Waals surface area contributed by atoms with Crippen LogP contribution in [0.5, 0.6) is 0 Å². The van der Waals surface area contributed by atoms with Crippen molar-refractivity contribution in [1.82, 2.24) is 0 Å². The molecule has 8 heavy (non-hydrogen) atoms. The molecule has 0 atom stereocenters. The maximum absolute atomic E-state index is 12.2. The molecule has 0 nitrogen and oxygen atoms in total. The molecule has 1 aliphatic carbocycles. The topological polar surface area (TPSA) is 0 Å². The molecule has 0 spiro atoms. The first-order valence-corrected chi connectivity index (χ1v) is 2.73. The number of allylic oxidation sites excluding steroid dienone is 4. The molecule has 0 bridgehead atoms. The minimum Gasteiger partial charge on any atom is -0.206 e. The average molecular weight is 132 g/mol. The van der Waals surface area contributed by atoms with Crippen LogP contribution in [0.25, 0.3) is 0 Å². The molecule has 1 rings (SSSR count). The standard InChI is InChI=1S/C6H5ClF/c7-5-3-1-2-4-6(5)8/h2-4H,1H2. The summed E-state index contributed by atoms with van der Waals surface area (Å²) in [7, 11) is 0. The summed E-state index contributed by atoms with van der Waals surface area (Å²) in [5.74, 6) is -0.335. The van der Waals surface area contributed by atoms with E-state index in [2.05, 4.69) is 0 Å². The van der Waals surface area contributed by atoms with Gasteiger partial charge in [0, 0.05) is 0 Å². The Labute approximate surface area is 52.6 Å². The van der Waals surface area contributed by atoms with Crippen LogP contribution in [0, 0.1) is 6.42 Å². The van der Waals surface area contributed by atoms with Crippen LogP contribution in [0.1, 0.15) is 6.42 Å². The van der Waals surface area contributed by atoms with Crippen LogP contribution in [-0.4, -0.2) is 0 Å². The van der Waals surface area contributed by atoms with Crippen LogP contribution in [0.2, 0.25) is 0 Å². The van der Waals surface area contributed by atoms with E-state index < -0.39 is 0 Å². The van der Waals surface area contributed by atoms with Gasteiger partial charge in [0.15, 0.2) is 0 Å². The van der Waals surface area contributed by atoms with E-state index >= 15 is 0 Å². The summed E-state index contributed by atoms with van der Waals surface area (Å²) in [5.41, 5.74) is 0. The van der Waals surface area contributed by atoms with Gasteiger partial charge in [-0.25, -0.2) is 4.39 Å². The van der Waals surface area contributed by atoms with E-state index in [4.69, 9.17) is 11.6 Å². The van der Waals surface area contributed by atoms with Crippen LogP contribution < -0.4 is 0 Å². The monoisotopic (exact) mass is 131 g/mol. The highest BCUT2D eigenvalue weighted by atomic mass is 35.5. The third-order valence-corrected chi connectivity index (χ3v) is 1.26. The van der Waals surface area contributed by atoms with Gasteiger partial charge in [-0.2, -0.15) is 0 Å². The van der Waals surface area contributed by atoms with Crippen molar-refractivity contribution >= 4 is 11.6 Å². The lowest BCUT2D eigenvalue weighted by atomic mass is 10.2. The number of rotatable bonds is 0. The summed E-state index contributed by atoms with van der Waals surface area (Å²) in [6, 6.07) is 0. The lowest BCUT2D eigenvalue weighted by Crippen LogP contribution is -1.82. The second kappa shape index (κ2) is 2.31. The van der Waals surface area contributed by atoms with Crippen molar-refractivity contribution in [1.29, 1.82) is 0 Å². The Balaban J connectivity index is 2.73. The molecule has 0 aliphatic heterocycles. The summed E-state index contributed by atoms with van der Waals surface area (Å²) in [4.78, 5) is 0. The molecule has 0 saturated carbocycles. The molecule has 0 aromatic carbocycles. The van der Waals surface area contributed by atoms with Crippen molar-refractivity contribution in [3.05, 3.63) is 29.4 Å². The minimum absolute atomic E-state index is 0.229. The zero-order chi connectivity index (χ0) is 5.98. The van der Waals surface area contributed by atoms with Gasteiger partial charge in [0.2, 0.25) is 0 Å². The number of hydrogen-bond donors (Lipinski definition) is 0. The Morgan fingerprint density at radius 2 is 2.38 bits per heavy atom. The predicted octanol–water partition coefficient (Wildman–Crippen LogP) is 2.57. The molecule has 0 amide bonds. The first kappa shape index (κ1) is 5.83. The third kappa shape index (κ3) is 1.10. The van der Waals surface area contributed by atoms with Crippen molar-refractivity contribution in [3.8, 4) is 0 Å². The fourth-order valence-electron chi connectivity index (χ4n) is 0.520. The fraction of sp³-hybridized carbons (Fsp3) is 0.167. The van der Waals surface area contributed by atoms with E-state index in [1.165, 1.54) is 6.08 Å². The molecule has 2 heteroatoms. The highest BCUT2D eigenvalue weighted by molar-refractivity contribution is 6.31. The zero-order valence-corrected chi connectivity index (χ0v) is 4.95. The predicted molar refractivity (Wildman–Crippen MR) is 32.0 cm³/mol. The van der Waals surface area contributed by atoms with Gasteiger partial charge in [-0.3, -0.25) is 0 Å². The van der Waals surface area contributed by atoms with Crippen molar-refractivity contribution in [2.45, 2.75) is 6.42 Å². The molecule has 43 valence electrons. The van der Waals surface area contributed by atoms with Crippen LogP contribution in [-0.2, 0) is 0 Å². The van der Waals surface area contributed by atoms with Crippen LogP contribution >= 0.6 is 11.6 Å². The molecule has 0 fully saturated rings. The SMILES string of the molecule is FC1=C[CH]CC=C1Cl. The van der Waals surface area contributed by atoms with E-state index in [1.54, 1.807) is 12.5 Å². The lowest BCUT2D eigenvalue weighted by Gasteiger charge is -1.99. The normalized spacial score (nSPS) is 19.8. The largest absolute Gasteiger partial charge is 0.206 e. The van der Waals surface area contributed by atoms with Crippen LogP contribution in [0.4, 0.5) is 4.39 Å². The van der Waals surface area contributed by atoms with E-state index in [1.807, 2.05) is 0 Å². The summed E-state index contributed by atoms with van der Waals surface area (Å²) in [5, 5.41) is 0.229. The Morgan fingerprint density at radius 1 is 1.62 bits per heavy atom. The quantitative estimate of drug-likeness (QED) is 0.474. The van der Waals surface area contributed by atoms with E-state index in [0.717, 1.165) is 6.42 Å². The number of halogens is 2. The van der Waals surface area contributed by atoms with Crippen molar-refractivity contribution < 1.29 is 4.39 Å². The second-order valence-electron chi connectivity index (χ2n) is 1.54. The van der Waals surface area contributed by atoms with Gasteiger partial charge < -0.3 is 0 Å². The average Bonchev–Trinajstić information content (AvgIpc) is 1.77. The van der Waals surface area contributed by atoms with Crippen molar-refractivity contribution in [2.24, 2.45) is 0 Å². The van der Waals surface area contributed by atoms with Crippen molar-refractivity contribution in [3.63, 3.8) is 0 Å². The molecule has 1 aliphatic rings. The van der Waals surface area contributed by atoms with Gasteiger partial charge in [0.25, 0.3) is 0 Å². The Kier molecular flexibility index (Phi) is 1.69. The maximum atomic E-state index is 12.2. The maximum Gasteiger partial charge on any atom is 0.137 e. The Morgan fingerprint density at radius 3 is 2.75 bits per heavy atom. The smallest absolute Gasteiger partial charge is 0.137 e. The highest BCUT2D eigenvalue weighted by Crippen LogP contribution is 2.21. The Hall–Kier alpha value is -0.300. The summed E-state index contributed by atoms with van der Waals surface area (Å²) in [6.07, 6.45) is 5.48. The van der Waals surface area contributed by atoms with E-state index in [0.29, 0.717) is 0 Å². The molecule has 1 radical (unpaired) electrons. The van der Waals surface area contributed by atoms with Gasteiger partial charge in [-0.1, -0.05) is 17.7 Å². The molecule has 0 aromatic heterocycles. The molecule has 0 aromatic rings. The van der Waals surface area contributed by atoms with E-state index in [9.17, 15) is 4.39 Å². The lowest BCUT2D eigenvalue weighted by molar-refractivity contribution is 0.656.